The molecule has 0 radical (unpaired) electrons. The topological polar surface area (TPSA) is 38.3 Å². The summed E-state index contributed by atoms with van der Waals surface area (Å²) in [4.78, 5) is 12.2. The molecule has 1 aliphatic rings. The van der Waals surface area contributed by atoms with E-state index in [9.17, 15) is 4.79 Å². The normalized spacial score (nSPS) is 18.1. The molecule has 0 heterocycles. The molecule has 0 spiro atoms. The third kappa shape index (κ3) is 2.56. The maximum Gasteiger partial charge on any atom is 0.330 e. The zero-order chi connectivity index (χ0) is 13.0. The molecule has 98 valence electrons. The van der Waals surface area contributed by atoms with Crippen molar-refractivity contribution in [3.05, 3.63) is 35.9 Å². The second-order valence-corrected chi connectivity index (χ2v) is 4.94. The van der Waals surface area contributed by atoms with Crippen molar-refractivity contribution in [1.29, 1.82) is 0 Å². The molecule has 18 heavy (non-hydrogen) atoms. The molecule has 1 fully saturated rings. The molecule has 0 saturated heterocycles. The van der Waals surface area contributed by atoms with Gasteiger partial charge in [0.05, 0.1) is 7.11 Å². The van der Waals surface area contributed by atoms with Crippen LogP contribution in [0.1, 0.15) is 31.7 Å². The lowest BCUT2D eigenvalue weighted by Crippen LogP contribution is -2.50. The first-order valence-electron chi connectivity index (χ1n) is 6.62. The van der Waals surface area contributed by atoms with Gasteiger partial charge in [-0.3, -0.25) is 5.32 Å². The van der Waals surface area contributed by atoms with Crippen LogP contribution in [-0.4, -0.2) is 19.6 Å². The highest BCUT2D eigenvalue weighted by Gasteiger charge is 2.40. The molecule has 1 N–H and O–H groups in total. The van der Waals surface area contributed by atoms with E-state index in [1.165, 1.54) is 20.0 Å². The number of benzene rings is 1. The van der Waals surface area contributed by atoms with E-state index in [2.05, 4.69) is 5.32 Å². The first-order valence-corrected chi connectivity index (χ1v) is 6.62. The van der Waals surface area contributed by atoms with E-state index >= 15 is 0 Å². The fraction of sp³-hybridized carbons (Fsp3) is 0.533. The van der Waals surface area contributed by atoms with E-state index in [4.69, 9.17) is 4.74 Å². The summed E-state index contributed by atoms with van der Waals surface area (Å²) in [5, 5.41) is 3.44. The monoisotopic (exact) mass is 247 g/mol. The van der Waals surface area contributed by atoms with Crippen molar-refractivity contribution >= 4 is 5.97 Å². The Bertz CT molecular complexity index is 400. The summed E-state index contributed by atoms with van der Waals surface area (Å²) in [6.45, 7) is 2.90. The molecule has 1 saturated carbocycles. The number of hydrogen-bond donors (Lipinski definition) is 1. The lowest BCUT2D eigenvalue weighted by molar-refractivity contribution is -0.149. The Morgan fingerprint density at radius 1 is 1.39 bits per heavy atom. The van der Waals surface area contributed by atoms with Crippen LogP contribution in [0.25, 0.3) is 0 Å². The lowest BCUT2D eigenvalue weighted by atomic mass is 9.87. The lowest BCUT2D eigenvalue weighted by Gasteiger charge is -2.31. The standard InChI is InChI=1S/C15H21NO2/c1-3-15(14(17)18-2,16-11-12-9-10-12)13-7-5-4-6-8-13/h4-8,12,16H,3,9-11H2,1-2H3. The highest BCUT2D eigenvalue weighted by atomic mass is 16.5. The van der Waals surface area contributed by atoms with Crippen LogP contribution in [0, 0.1) is 5.92 Å². The molecule has 0 aliphatic heterocycles. The summed E-state index contributed by atoms with van der Waals surface area (Å²) in [7, 11) is 1.45. The van der Waals surface area contributed by atoms with Gasteiger partial charge in [-0.05, 0) is 37.3 Å². The zero-order valence-electron chi connectivity index (χ0n) is 11.1. The molecular weight excluding hydrogens is 226 g/mol. The molecule has 0 bridgehead atoms. The van der Waals surface area contributed by atoms with E-state index in [1.807, 2.05) is 37.3 Å². The van der Waals surface area contributed by atoms with Gasteiger partial charge in [0.2, 0.25) is 0 Å². The van der Waals surface area contributed by atoms with Crippen LogP contribution in [-0.2, 0) is 15.1 Å². The number of carbonyl (C=O) groups is 1. The van der Waals surface area contributed by atoms with Crippen LogP contribution in [0.5, 0.6) is 0 Å². The van der Waals surface area contributed by atoms with Crippen molar-refractivity contribution in [3.8, 4) is 0 Å². The fourth-order valence-electron chi connectivity index (χ4n) is 2.30. The van der Waals surface area contributed by atoms with Crippen molar-refractivity contribution in [2.45, 2.75) is 31.7 Å². The van der Waals surface area contributed by atoms with E-state index < -0.39 is 5.54 Å². The number of carbonyl (C=O) groups excluding carboxylic acids is 1. The minimum atomic E-state index is -0.696. The minimum Gasteiger partial charge on any atom is -0.467 e. The summed E-state index contributed by atoms with van der Waals surface area (Å²) >= 11 is 0. The molecule has 1 atom stereocenters. The van der Waals surface area contributed by atoms with Crippen molar-refractivity contribution in [2.75, 3.05) is 13.7 Å². The highest BCUT2D eigenvalue weighted by molar-refractivity contribution is 5.82. The molecule has 0 aromatic heterocycles. The zero-order valence-corrected chi connectivity index (χ0v) is 11.1. The molecule has 1 aromatic rings. The average molecular weight is 247 g/mol. The van der Waals surface area contributed by atoms with E-state index in [-0.39, 0.29) is 5.97 Å². The first kappa shape index (κ1) is 13.1. The molecule has 1 aliphatic carbocycles. The summed E-state index contributed by atoms with van der Waals surface area (Å²) in [6, 6.07) is 9.85. The van der Waals surface area contributed by atoms with Crippen LogP contribution in [0.15, 0.2) is 30.3 Å². The average Bonchev–Trinajstić information content (AvgIpc) is 3.25. The summed E-state index contributed by atoms with van der Waals surface area (Å²) < 4.78 is 5.01. The number of esters is 1. The van der Waals surface area contributed by atoms with E-state index in [0.29, 0.717) is 6.42 Å². The Morgan fingerprint density at radius 3 is 2.56 bits per heavy atom. The predicted octanol–water partition coefficient (Wildman–Crippen LogP) is 2.46. The maximum atomic E-state index is 12.2. The van der Waals surface area contributed by atoms with Crippen LogP contribution < -0.4 is 5.32 Å². The first-order chi connectivity index (χ1) is 8.73. The Kier molecular flexibility index (Phi) is 4.02. The second kappa shape index (κ2) is 5.53. The quantitative estimate of drug-likeness (QED) is 0.785. The third-order valence-electron chi connectivity index (χ3n) is 3.72. The van der Waals surface area contributed by atoms with Gasteiger partial charge in [-0.15, -0.1) is 0 Å². The highest BCUT2D eigenvalue weighted by Crippen LogP contribution is 2.32. The van der Waals surface area contributed by atoms with Crippen molar-refractivity contribution in [2.24, 2.45) is 5.92 Å². The van der Waals surface area contributed by atoms with Gasteiger partial charge in [0.15, 0.2) is 0 Å². The minimum absolute atomic E-state index is 0.197. The van der Waals surface area contributed by atoms with Gasteiger partial charge >= 0.3 is 5.97 Å². The van der Waals surface area contributed by atoms with Gasteiger partial charge < -0.3 is 4.74 Å². The van der Waals surface area contributed by atoms with Gasteiger partial charge in [-0.2, -0.15) is 0 Å². The number of hydrogen-bond acceptors (Lipinski definition) is 3. The Labute approximate surface area is 109 Å². The van der Waals surface area contributed by atoms with E-state index in [0.717, 1.165) is 18.0 Å². The number of nitrogens with one attached hydrogen (secondary N) is 1. The fourth-order valence-corrected chi connectivity index (χ4v) is 2.30. The van der Waals surface area contributed by atoms with Gasteiger partial charge in [0.1, 0.15) is 5.54 Å². The van der Waals surface area contributed by atoms with Crippen molar-refractivity contribution in [3.63, 3.8) is 0 Å². The summed E-state index contributed by atoms with van der Waals surface area (Å²) in [5.74, 6) is 0.529. The van der Waals surface area contributed by atoms with Gasteiger partial charge in [-0.1, -0.05) is 37.3 Å². The smallest absolute Gasteiger partial charge is 0.330 e. The van der Waals surface area contributed by atoms with Crippen LogP contribution in [0.3, 0.4) is 0 Å². The SMILES string of the molecule is CCC(NCC1CC1)(C(=O)OC)c1ccccc1. The second-order valence-electron chi connectivity index (χ2n) is 4.94. The number of ether oxygens (including phenoxy) is 1. The van der Waals surface area contributed by atoms with Crippen LogP contribution >= 0.6 is 0 Å². The van der Waals surface area contributed by atoms with Crippen LogP contribution in [0.2, 0.25) is 0 Å². The van der Waals surface area contributed by atoms with Crippen molar-refractivity contribution < 1.29 is 9.53 Å². The molecular formula is C15H21NO2. The molecule has 3 heteroatoms. The molecule has 3 nitrogen and oxygen atoms in total. The molecule has 1 unspecified atom stereocenters. The molecule has 2 rings (SSSR count). The largest absolute Gasteiger partial charge is 0.467 e. The number of rotatable bonds is 6. The maximum absolute atomic E-state index is 12.2. The van der Waals surface area contributed by atoms with Gasteiger partial charge in [0, 0.05) is 0 Å². The van der Waals surface area contributed by atoms with Gasteiger partial charge in [-0.25, -0.2) is 4.79 Å². The van der Waals surface area contributed by atoms with E-state index in [1.54, 1.807) is 0 Å². The summed E-state index contributed by atoms with van der Waals surface area (Å²) in [5.41, 5.74) is 0.290. The Morgan fingerprint density at radius 2 is 2.06 bits per heavy atom. The molecule has 1 aromatic carbocycles. The Hall–Kier alpha value is -1.35. The predicted molar refractivity (Wildman–Crippen MR) is 71.2 cm³/mol. The summed E-state index contributed by atoms with van der Waals surface area (Å²) in [6.07, 6.45) is 3.22. The third-order valence-corrected chi connectivity index (χ3v) is 3.72. The van der Waals surface area contributed by atoms with Gasteiger partial charge in [0.25, 0.3) is 0 Å². The molecule has 0 amide bonds. The van der Waals surface area contributed by atoms with Crippen molar-refractivity contribution in [1.82, 2.24) is 5.32 Å². The van der Waals surface area contributed by atoms with Crippen LogP contribution in [0.4, 0.5) is 0 Å². The number of methoxy groups -OCH3 is 1. The Balaban J connectivity index is 2.26.